The van der Waals surface area contributed by atoms with Gasteiger partial charge in [0.05, 0.1) is 12.3 Å². The first-order chi connectivity index (χ1) is 12.4. The van der Waals surface area contributed by atoms with Gasteiger partial charge in [0.2, 0.25) is 0 Å². The first-order valence-corrected chi connectivity index (χ1v) is 9.87. The van der Waals surface area contributed by atoms with E-state index in [1.54, 1.807) is 4.52 Å². The zero-order valence-corrected chi connectivity index (χ0v) is 16.2. The third kappa shape index (κ3) is 3.58. The highest BCUT2D eigenvalue weighted by atomic mass is 16.5. The first-order valence-electron chi connectivity index (χ1n) is 9.87. The molecule has 2 fully saturated rings. The van der Waals surface area contributed by atoms with Crippen molar-refractivity contribution >= 4 is 11.5 Å². The van der Waals surface area contributed by atoms with E-state index in [9.17, 15) is 0 Å². The molecule has 0 aliphatic carbocycles. The molecule has 0 spiro atoms. The molecule has 1 atom stereocenters. The molecular weight excluding hydrogens is 326 g/mol. The number of nitrogen functional groups attached to an aromatic ring is 1. The molecule has 2 aliphatic rings. The fourth-order valence-electron chi connectivity index (χ4n) is 4.10. The van der Waals surface area contributed by atoms with Gasteiger partial charge in [0.15, 0.2) is 5.65 Å². The maximum absolute atomic E-state index is 6.29. The van der Waals surface area contributed by atoms with Crippen molar-refractivity contribution in [3.8, 4) is 0 Å². The molecule has 2 aromatic heterocycles. The van der Waals surface area contributed by atoms with E-state index in [4.69, 9.17) is 15.5 Å². The number of anilines is 1. The number of piperidine rings is 1. The van der Waals surface area contributed by atoms with Gasteiger partial charge in [-0.15, -0.1) is 0 Å². The summed E-state index contributed by atoms with van der Waals surface area (Å²) >= 11 is 0. The lowest BCUT2D eigenvalue weighted by atomic mass is 9.92. The number of hydrogen-bond donors (Lipinski definition) is 1. The van der Waals surface area contributed by atoms with Gasteiger partial charge in [-0.2, -0.15) is 9.61 Å². The van der Waals surface area contributed by atoms with Gasteiger partial charge in [-0.3, -0.25) is 0 Å². The van der Waals surface area contributed by atoms with Gasteiger partial charge < -0.3 is 15.4 Å². The Kier molecular flexibility index (Phi) is 4.65. The summed E-state index contributed by atoms with van der Waals surface area (Å²) in [6.07, 6.45) is 3.51. The van der Waals surface area contributed by atoms with E-state index in [0.717, 1.165) is 62.1 Å². The summed E-state index contributed by atoms with van der Waals surface area (Å²) in [5.41, 5.74) is 9.31. The van der Waals surface area contributed by atoms with Gasteiger partial charge in [-0.05, 0) is 38.3 Å². The fraction of sp³-hybridized carbons (Fsp3) is 0.700. The molecule has 6 heteroatoms. The van der Waals surface area contributed by atoms with Gasteiger partial charge in [0, 0.05) is 42.3 Å². The number of ether oxygens (including phenoxy) is 1. The Hall–Kier alpha value is -1.66. The highest BCUT2D eigenvalue weighted by molar-refractivity contribution is 5.49. The summed E-state index contributed by atoms with van der Waals surface area (Å²) in [4.78, 5) is 7.50. The normalized spacial score (nSPS) is 23.1. The minimum Gasteiger partial charge on any atom is -0.384 e. The van der Waals surface area contributed by atoms with Crippen LogP contribution in [0.5, 0.6) is 0 Å². The van der Waals surface area contributed by atoms with Crippen molar-refractivity contribution < 1.29 is 4.74 Å². The predicted octanol–water partition coefficient (Wildman–Crippen LogP) is 2.82. The zero-order valence-electron chi connectivity index (χ0n) is 16.2. The van der Waals surface area contributed by atoms with Crippen LogP contribution in [-0.2, 0) is 10.2 Å². The number of hydrogen-bond acceptors (Lipinski definition) is 5. The molecule has 0 amide bonds. The van der Waals surface area contributed by atoms with Crippen molar-refractivity contribution in [2.45, 2.75) is 51.4 Å². The van der Waals surface area contributed by atoms with Crippen LogP contribution in [0.1, 0.15) is 57.3 Å². The Morgan fingerprint density at radius 1 is 1.19 bits per heavy atom. The molecule has 142 valence electrons. The molecule has 2 N–H and O–H groups in total. The predicted molar refractivity (Wildman–Crippen MR) is 103 cm³/mol. The van der Waals surface area contributed by atoms with Crippen LogP contribution in [-0.4, -0.2) is 52.3 Å². The average molecular weight is 358 g/mol. The fourth-order valence-corrected chi connectivity index (χ4v) is 4.10. The molecule has 0 saturated carbocycles. The number of fused-ring (bicyclic) bond motifs is 1. The highest BCUT2D eigenvalue weighted by Gasteiger charge is 2.26. The highest BCUT2D eigenvalue weighted by Crippen LogP contribution is 2.30. The Morgan fingerprint density at radius 2 is 1.96 bits per heavy atom. The second-order valence-corrected chi connectivity index (χ2v) is 8.96. The molecule has 2 aromatic rings. The molecule has 2 saturated heterocycles. The number of rotatable bonds is 3. The van der Waals surface area contributed by atoms with Crippen LogP contribution < -0.4 is 5.73 Å². The third-order valence-electron chi connectivity index (χ3n) is 5.79. The molecule has 6 nitrogen and oxygen atoms in total. The summed E-state index contributed by atoms with van der Waals surface area (Å²) in [5, 5.41) is 4.65. The van der Waals surface area contributed by atoms with Gasteiger partial charge in [-0.25, -0.2) is 4.98 Å². The summed E-state index contributed by atoms with van der Waals surface area (Å²) < 4.78 is 7.29. The molecule has 0 bridgehead atoms. The lowest BCUT2D eigenvalue weighted by molar-refractivity contribution is 0.151. The Balaban J connectivity index is 1.47. The van der Waals surface area contributed by atoms with Crippen LogP contribution in [0.15, 0.2) is 12.1 Å². The smallest absolute Gasteiger partial charge is 0.157 e. The Morgan fingerprint density at radius 3 is 2.62 bits per heavy atom. The van der Waals surface area contributed by atoms with Crippen molar-refractivity contribution in [1.82, 2.24) is 19.5 Å². The zero-order chi connectivity index (χ0) is 18.3. The number of likely N-dealkylation sites (tertiary alicyclic amines) is 1. The number of nitrogens with two attached hydrogens (primary N) is 1. The Labute approximate surface area is 155 Å². The van der Waals surface area contributed by atoms with Crippen LogP contribution in [0.2, 0.25) is 0 Å². The molecule has 2 aliphatic heterocycles. The van der Waals surface area contributed by atoms with Crippen molar-refractivity contribution in [2.75, 3.05) is 38.6 Å². The minimum atomic E-state index is -0.00437. The second kappa shape index (κ2) is 6.82. The molecule has 4 rings (SSSR count). The van der Waals surface area contributed by atoms with Gasteiger partial charge in [0.25, 0.3) is 0 Å². The van der Waals surface area contributed by atoms with Gasteiger partial charge in [0.1, 0.15) is 5.82 Å². The van der Waals surface area contributed by atoms with Crippen molar-refractivity contribution in [3.63, 3.8) is 0 Å². The maximum atomic E-state index is 6.29. The second-order valence-electron chi connectivity index (χ2n) is 8.96. The SMILES string of the molecule is CC(C)(C)c1cc2nc(C3CCN(CC4CCOC4)CC3)cc(N)n2n1. The van der Waals surface area contributed by atoms with Crippen molar-refractivity contribution in [1.29, 1.82) is 0 Å². The quantitative estimate of drug-likeness (QED) is 0.915. The van der Waals surface area contributed by atoms with E-state index >= 15 is 0 Å². The summed E-state index contributed by atoms with van der Waals surface area (Å²) in [6, 6.07) is 4.10. The van der Waals surface area contributed by atoms with Gasteiger partial charge >= 0.3 is 0 Å². The Bertz CT molecular complexity index is 764. The number of nitrogens with zero attached hydrogens (tertiary/aromatic N) is 4. The van der Waals surface area contributed by atoms with Crippen molar-refractivity contribution in [2.24, 2.45) is 5.92 Å². The van der Waals surface area contributed by atoms with Crippen LogP contribution in [0.3, 0.4) is 0 Å². The van der Waals surface area contributed by atoms with E-state index in [0.29, 0.717) is 11.7 Å². The summed E-state index contributed by atoms with van der Waals surface area (Å²) in [5.74, 6) is 1.90. The van der Waals surface area contributed by atoms with E-state index < -0.39 is 0 Å². The van der Waals surface area contributed by atoms with Crippen LogP contribution in [0, 0.1) is 5.92 Å². The lowest BCUT2D eigenvalue weighted by Crippen LogP contribution is -2.36. The standard InChI is InChI=1S/C20H31N5O/c1-20(2,3)17-11-19-22-16(10-18(21)25(19)23-17)15-4-7-24(8-5-15)12-14-6-9-26-13-14/h10-11,14-15H,4-9,12-13,21H2,1-3H3. The van der Waals surface area contributed by atoms with Crippen LogP contribution in [0.25, 0.3) is 5.65 Å². The first kappa shape index (κ1) is 17.7. The van der Waals surface area contributed by atoms with E-state index in [1.165, 1.54) is 13.0 Å². The number of aromatic nitrogens is 3. The third-order valence-corrected chi connectivity index (χ3v) is 5.79. The molecule has 1 unspecified atom stereocenters. The molecular formula is C20H31N5O. The molecule has 0 aromatic carbocycles. The van der Waals surface area contributed by atoms with Crippen molar-refractivity contribution in [3.05, 3.63) is 23.5 Å². The lowest BCUT2D eigenvalue weighted by Gasteiger charge is -2.33. The molecule has 0 radical (unpaired) electrons. The van der Waals surface area contributed by atoms with Crippen LogP contribution >= 0.6 is 0 Å². The average Bonchev–Trinajstić information content (AvgIpc) is 3.24. The maximum Gasteiger partial charge on any atom is 0.157 e. The topological polar surface area (TPSA) is 68.7 Å². The van der Waals surface area contributed by atoms with Gasteiger partial charge in [-0.1, -0.05) is 20.8 Å². The largest absolute Gasteiger partial charge is 0.384 e. The van der Waals surface area contributed by atoms with E-state index in [1.807, 2.05) is 6.07 Å². The minimum absolute atomic E-state index is 0.00437. The molecule has 4 heterocycles. The van der Waals surface area contributed by atoms with Crippen LogP contribution in [0.4, 0.5) is 5.82 Å². The van der Waals surface area contributed by atoms with E-state index in [-0.39, 0.29) is 5.41 Å². The summed E-state index contributed by atoms with van der Waals surface area (Å²) in [6.45, 7) is 11.8. The summed E-state index contributed by atoms with van der Waals surface area (Å²) in [7, 11) is 0. The monoisotopic (exact) mass is 357 g/mol. The van der Waals surface area contributed by atoms with E-state index in [2.05, 4.69) is 36.8 Å². The molecule has 26 heavy (non-hydrogen) atoms.